The molecule has 6 nitrogen and oxygen atoms in total. The maximum atomic E-state index is 14.0. The normalized spacial score (nSPS) is 13.2. The van der Waals surface area contributed by atoms with Gasteiger partial charge >= 0.3 is 0 Å². The molecule has 104 valence electrons. The first-order valence-electron chi connectivity index (χ1n) is 6.06. The van der Waals surface area contributed by atoms with Gasteiger partial charge in [-0.25, -0.2) is 9.07 Å². The lowest BCUT2D eigenvalue weighted by Crippen LogP contribution is -2.12. The number of carbonyl (C=O) groups is 1. The van der Waals surface area contributed by atoms with Crippen molar-refractivity contribution in [2.75, 3.05) is 5.32 Å². The number of aromatic nitrogens is 3. The van der Waals surface area contributed by atoms with E-state index in [1.807, 2.05) is 6.92 Å². The van der Waals surface area contributed by atoms with Gasteiger partial charge in [-0.15, -0.1) is 5.10 Å². The van der Waals surface area contributed by atoms with Crippen LogP contribution in [0.3, 0.4) is 0 Å². The topological polar surface area (TPSA) is 71.8 Å². The molecule has 2 N–H and O–H groups in total. The summed E-state index contributed by atoms with van der Waals surface area (Å²) < 4.78 is 16.1. The minimum atomic E-state index is -0.498. The van der Waals surface area contributed by atoms with E-state index < -0.39 is 5.82 Å². The molecule has 0 radical (unpaired) electrons. The number of carbonyl (C=O) groups excluding carboxylic acids is 1. The van der Waals surface area contributed by atoms with Crippen LogP contribution < -0.4 is 10.6 Å². The Morgan fingerprint density at radius 2 is 2.35 bits per heavy atom. The van der Waals surface area contributed by atoms with Crippen LogP contribution in [0.25, 0.3) is 0 Å². The molecule has 1 aliphatic rings. The van der Waals surface area contributed by atoms with E-state index in [9.17, 15) is 9.18 Å². The molecule has 0 aliphatic carbocycles. The van der Waals surface area contributed by atoms with E-state index >= 15 is 0 Å². The summed E-state index contributed by atoms with van der Waals surface area (Å²) in [4.78, 5) is 15.6. The summed E-state index contributed by atoms with van der Waals surface area (Å²) in [6.45, 7) is 2.93. The number of rotatable bonds is 3. The number of nitrogens with zero attached hydrogens (tertiary/aromatic N) is 3. The predicted octanol–water partition coefficient (Wildman–Crippen LogP) is 2.19. The molecule has 1 aromatic heterocycles. The first kappa shape index (κ1) is 13.0. The number of aryl methyl sites for hydroxylation is 1. The number of nitrogens with one attached hydrogen (secondary N) is 2. The van der Waals surface area contributed by atoms with Crippen LogP contribution in [0.4, 0.5) is 16.0 Å². The van der Waals surface area contributed by atoms with Crippen molar-refractivity contribution in [3.05, 3.63) is 33.8 Å². The summed E-state index contributed by atoms with van der Waals surface area (Å²) in [5.41, 5.74) is 1.42. The second-order valence-electron chi connectivity index (χ2n) is 4.32. The average Bonchev–Trinajstić information content (AvgIpc) is 2.94. The van der Waals surface area contributed by atoms with E-state index in [1.165, 1.54) is 6.07 Å². The maximum Gasteiger partial charge on any atom is 0.252 e. The molecule has 0 fully saturated rings. The quantitative estimate of drug-likeness (QED) is 0.899. The SMILES string of the molecule is CCn1nc(Br)nc1Nc1cc2c(cc1F)C(=O)NC2. The molecule has 0 spiro atoms. The van der Waals surface area contributed by atoms with Crippen molar-refractivity contribution in [2.24, 2.45) is 0 Å². The molecule has 20 heavy (non-hydrogen) atoms. The molecule has 0 saturated carbocycles. The van der Waals surface area contributed by atoms with Gasteiger partial charge in [0.25, 0.3) is 5.91 Å². The summed E-state index contributed by atoms with van der Waals surface area (Å²) in [6.07, 6.45) is 0. The van der Waals surface area contributed by atoms with Gasteiger partial charge in [0.15, 0.2) is 0 Å². The van der Waals surface area contributed by atoms with Crippen LogP contribution in [-0.2, 0) is 13.1 Å². The van der Waals surface area contributed by atoms with Crippen molar-refractivity contribution >= 4 is 33.5 Å². The zero-order valence-corrected chi connectivity index (χ0v) is 12.2. The summed E-state index contributed by atoms with van der Waals surface area (Å²) in [5.74, 6) is -0.303. The fraction of sp³-hybridized carbons (Fsp3) is 0.250. The van der Waals surface area contributed by atoms with Gasteiger partial charge in [0.05, 0.1) is 5.69 Å². The van der Waals surface area contributed by atoms with Gasteiger partial charge in [0, 0.05) is 18.7 Å². The maximum absolute atomic E-state index is 14.0. The highest BCUT2D eigenvalue weighted by atomic mass is 79.9. The molecule has 0 unspecified atom stereocenters. The minimum absolute atomic E-state index is 0.245. The van der Waals surface area contributed by atoms with Crippen molar-refractivity contribution in [2.45, 2.75) is 20.0 Å². The third-order valence-corrected chi connectivity index (χ3v) is 3.40. The largest absolute Gasteiger partial charge is 0.348 e. The molecular weight excluding hydrogens is 329 g/mol. The van der Waals surface area contributed by atoms with Gasteiger partial charge in [-0.2, -0.15) is 4.98 Å². The van der Waals surface area contributed by atoms with Gasteiger partial charge < -0.3 is 10.6 Å². The van der Waals surface area contributed by atoms with Crippen molar-refractivity contribution in [3.8, 4) is 0 Å². The lowest BCUT2D eigenvalue weighted by Gasteiger charge is -2.08. The molecule has 3 rings (SSSR count). The molecule has 0 atom stereocenters. The monoisotopic (exact) mass is 339 g/mol. The van der Waals surface area contributed by atoms with Crippen LogP contribution in [0.2, 0.25) is 0 Å². The van der Waals surface area contributed by atoms with Crippen LogP contribution in [-0.4, -0.2) is 20.7 Å². The Morgan fingerprint density at radius 1 is 1.55 bits per heavy atom. The van der Waals surface area contributed by atoms with Crippen molar-refractivity contribution in [3.63, 3.8) is 0 Å². The van der Waals surface area contributed by atoms with Crippen LogP contribution in [0.15, 0.2) is 16.9 Å². The smallest absolute Gasteiger partial charge is 0.252 e. The highest BCUT2D eigenvalue weighted by Crippen LogP contribution is 2.26. The molecule has 0 bridgehead atoms. The summed E-state index contributed by atoms with van der Waals surface area (Å²) in [7, 11) is 0. The van der Waals surface area contributed by atoms with Gasteiger partial charge in [-0.1, -0.05) is 0 Å². The fourth-order valence-electron chi connectivity index (χ4n) is 2.09. The Hall–Kier alpha value is -1.96. The number of hydrogen-bond donors (Lipinski definition) is 2. The fourth-order valence-corrected chi connectivity index (χ4v) is 2.45. The first-order chi connectivity index (χ1) is 9.58. The standard InChI is InChI=1S/C12H11BrFN5O/c1-2-19-12(17-11(13)18-19)16-9-3-6-5-15-10(20)7(6)4-8(9)14/h3-4H,2,5H2,1H3,(H,15,20)(H,16,17,18). The highest BCUT2D eigenvalue weighted by Gasteiger charge is 2.22. The highest BCUT2D eigenvalue weighted by molar-refractivity contribution is 9.10. The number of fused-ring (bicyclic) bond motifs is 1. The molecule has 1 aromatic carbocycles. The molecule has 2 aromatic rings. The van der Waals surface area contributed by atoms with Crippen LogP contribution >= 0.6 is 15.9 Å². The third kappa shape index (κ3) is 2.15. The van der Waals surface area contributed by atoms with E-state index in [0.29, 0.717) is 29.3 Å². The van der Waals surface area contributed by atoms with Crippen LogP contribution in [0.5, 0.6) is 0 Å². The van der Waals surface area contributed by atoms with Gasteiger partial charge in [0.1, 0.15) is 5.82 Å². The average molecular weight is 340 g/mol. The van der Waals surface area contributed by atoms with Crippen LogP contribution in [0, 0.1) is 5.82 Å². The summed E-state index contributed by atoms with van der Waals surface area (Å²) in [5, 5.41) is 9.67. The number of amides is 1. The summed E-state index contributed by atoms with van der Waals surface area (Å²) >= 11 is 3.18. The van der Waals surface area contributed by atoms with Crippen molar-refractivity contribution in [1.82, 2.24) is 20.1 Å². The van der Waals surface area contributed by atoms with E-state index in [1.54, 1.807) is 10.7 Å². The zero-order chi connectivity index (χ0) is 14.3. The lowest BCUT2D eigenvalue weighted by molar-refractivity contribution is 0.0965. The Morgan fingerprint density at radius 3 is 3.10 bits per heavy atom. The molecule has 1 aliphatic heterocycles. The predicted molar refractivity (Wildman–Crippen MR) is 74.2 cm³/mol. The number of halogens is 2. The van der Waals surface area contributed by atoms with Gasteiger partial charge in [-0.3, -0.25) is 4.79 Å². The molecule has 1 amide bonds. The van der Waals surface area contributed by atoms with Crippen molar-refractivity contribution in [1.29, 1.82) is 0 Å². The molecular formula is C12H11BrFN5O. The molecule has 0 saturated heterocycles. The van der Waals surface area contributed by atoms with Crippen molar-refractivity contribution < 1.29 is 9.18 Å². The minimum Gasteiger partial charge on any atom is -0.348 e. The number of hydrogen-bond acceptors (Lipinski definition) is 4. The Kier molecular flexibility index (Phi) is 3.17. The van der Waals surface area contributed by atoms with E-state index in [2.05, 4.69) is 36.6 Å². The van der Waals surface area contributed by atoms with E-state index in [0.717, 1.165) is 5.56 Å². The van der Waals surface area contributed by atoms with E-state index in [-0.39, 0.29) is 11.6 Å². The second kappa shape index (κ2) is 4.86. The lowest BCUT2D eigenvalue weighted by atomic mass is 10.1. The van der Waals surface area contributed by atoms with Crippen LogP contribution in [0.1, 0.15) is 22.8 Å². The zero-order valence-electron chi connectivity index (χ0n) is 10.6. The van der Waals surface area contributed by atoms with Gasteiger partial charge in [0.2, 0.25) is 10.7 Å². The molecule has 8 heteroatoms. The van der Waals surface area contributed by atoms with Gasteiger partial charge in [-0.05, 0) is 40.5 Å². The molecule has 2 heterocycles. The van der Waals surface area contributed by atoms with E-state index in [4.69, 9.17) is 0 Å². The Labute approximate surface area is 122 Å². The Bertz CT molecular complexity index is 699. The number of anilines is 2. The second-order valence-corrected chi connectivity index (χ2v) is 5.03. The third-order valence-electron chi connectivity index (χ3n) is 3.07. The first-order valence-corrected chi connectivity index (χ1v) is 6.85. The summed E-state index contributed by atoms with van der Waals surface area (Å²) in [6, 6.07) is 2.85. The number of benzene rings is 1. The Balaban J connectivity index is 1.97.